The molecule has 0 amide bonds. The van der Waals surface area contributed by atoms with Gasteiger partial charge in [-0.25, -0.2) is 22.0 Å². The van der Waals surface area contributed by atoms with Crippen molar-refractivity contribution in [3.63, 3.8) is 0 Å². The highest BCUT2D eigenvalue weighted by molar-refractivity contribution is 4.99. The normalized spacial score (nSPS) is 17.6. The monoisotopic (exact) mass is 224 g/mol. The maximum absolute atomic E-state index is 12.4. The molecular weight excluding hydrogens is 217 g/mol. The number of rotatable bonds is 5. The average Bonchev–Trinajstić information content (AvgIpc) is 2.15. The third-order valence-corrected chi connectivity index (χ3v) is 1.46. The first kappa shape index (κ1) is 13.2. The largest absolute Gasteiger partial charge is 0.318 e. The van der Waals surface area contributed by atoms with Crippen LogP contribution in [0.1, 0.15) is 0 Å². The van der Waals surface area contributed by atoms with E-state index < -0.39 is 30.9 Å². The second kappa shape index (κ2) is 4.18. The fourth-order valence-electron chi connectivity index (χ4n) is 0.646. The van der Waals surface area contributed by atoms with E-state index >= 15 is 0 Å². The van der Waals surface area contributed by atoms with E-state index in [0.29, 0.717) is 0 Å². The van der Waals surface area contributed by atoms with Crippen molar-refractivity contribution >= 4 is 0 Å². The number of halogens is 7. The van der Waals surface area contributed by atoms with Crippen LogP contribution in [0.5, 0.6) is 0 Å². The highest BCUT2D eigenvalue weighted by Gasteiger charge is 2.59. The van der Waals surface area contributed by atoms with Gasteiger partial charge in [-0.05, 0) is 0 Å². The highest BCUT2D eigenvalue weighted by atomic mass is 19.3. The molecule has 0 fully saturated rings. The molecule has 0 radical (unpaired) electrons. The summed E-state index contributed by atoms with van der Waals surface area (Å²) >= 11 is 0. The summed E-state index contributed by atoms with van der Waals surface area (Å²) in [4.78, 5) is 0. The molecular formula is C7H7F7. The molecule has 0 saturated heterocycles. The molecule has 0 saturated carbocycles. The van der Waals surface area contributed by atoms with E-state index in [1.165, 1.54) is 0 Å². The molecule has 2 atom stereocenters. The van der Waals surface area contributed by atoms with E-state index in [2.05, 4.69) is 6.58 Å². The second-order valence-electron chi connectivity index (χ2n) is 2.57. The lowest BCUT2D eigenvalue weighted by Gasteiger charge is -2.26. The quantitative estimate of drug-likeness (QED) is 0.497. The molecule has 0 aromatic rings. The van der Waals surface area contributed by atoms with Crippen molar-refractivity contribution in [3.8, 4) is 0 Å². The van der Waals surface area contributed by atoms with Crippen LogP contribution in [0, 0.1) is 0 Å². The maximum atomic E-state index is 12.4. The summed E-state index contributed by atoms with van der Waals surface area (Å²) in [5.74, 6) is -9.89. The fraction of sp³-hybridized carbons (Fsp3) is 0.714. The van der Waals surface area contributed by atoms with E-state index in [1.54, 1.807) is 0 Å². The lowest BCUT2D eigenvalue weighted by Crippen LogP contribution is -2.50. The minimum atomic E-state index is -4.99. The molecule has 0 aromatic carbocycles. The van der Waals surface area contributed by atoms with Crippen molar-refractivity contribution in [1.29, 1.82) is 0 Å². The third kappa shape index (κ3) is 2.39. The Labute approximate surface area is 75.4 Å². The molecule has 0 bridgehead atoms. The van der Waals surface area contributed by atoms with Crippen LogP contribution in [-0.4, -0.2) is 30.9 Å². The summed E-state index contributed by atoms with van der Waals surface area (Å²) in [7, 11) is 0. The Bertz CT molecular complexity index is 200. The number of allylic oxidation sites excluding steroid dienone is 1. The van der Waals surface area contributed by atoms with Gasteiger partial charge in [-0.2, -0.15) is 8.78 Å². The van der Waals surface area contributed by atoms with Crippen molar-refractivity contribution in [2.24, 2.45) is 0 Å². The molecule has 0 aliphatic carbocycles. The first-order valence-corrected chi connectivity index (χ1v) is 3.42. The second-order valence-corrected chi connectivity index (χ2v) is 2.57. The summed E-state index contributed by atoms with van der Waals surface area (Å²) in [6.07, 6.45) is -7.52. The minimum absolute atomic E-state index is 0.0269. The molecule has 0 rings (SSSR count). The minimum Gasteiger partial charge on any atom is -0.244 e. The summed E-state index contributed by atoms with van der Waals surface area (Å²) in [5, 5.41) is 0. The van der Waals surface area contributed by atoms with E-state index in [0.717, 1.165) is 0 Å². The zero-order chi connectivity index (χ0) is 11.6. The first-order chi connectivity index (χ1) is 6.20. The Morgan fingerprint density at radius 1 is 1.14 bits per heavy atom. The number of hydrogen-bond donors (Lipinski definition) is 0. The first-order valence-electron chi connectivity index (χ1n) is 3.42. The lowest BCUT2D eigenvalue weighted by molar-refractivity contribution is -0.204. The predicted molar refractivity (Wildman–Crippen MR) is 35.9 cm³/mol. The number of alkyl halides is 7. The van der Waals surface area contributed by atoms with Crippen molar-refractivity contribution in [2.75, 3.05) is 6.67 Å². The van der Waals surface area contributed by atoms with Crippen LogP contribution >= 0.6 is 0 Å². The van der Waals surface area contributed by atoms with E-state index in [4.69, 9.17) is 0 Å². The van der Waals surface area contributed by atoms with Gasteiger partial charge in [0.2, 0.25) is 6.17 Å². The van der Waals surface area contributed by atoms with Crippen molar-refractivity contribution < 1.29 is 30.7 Å². The van der Waals surface area contributed by atoms with Crippen LogP contribution in [0.15, 0.2) is 12.7 Å². The van der Waals surface area contributed by atoms with Crippen LogP contribution < -0.4 is 0 Å². The van der Waals surface area contributed by atoms with Gasteiger partial charge < -0.3 is 0 Å². The van der Waals surface area contributed by atoms with Gasteiger partial charge in [0.15, 0.2) is 12.8 Å². The van der Waals surface area contributed by atoms with Gasteiger partial charge in [0.1, 0.15) is 0 Å². The molecule has 84 valence electrons. The molecule has 0 nitrogen and oxygen atoms in total. The zero-order valence-corrected chi connectivity index (χ0v) is 6.79. The predicted octanol–water partition coefficient (Wildman–Crippen LogP) is 3.09. The highest BCUT2D eigenvalue weighted by Crippen LogP contribution is 2.37. The van der Waals surface area contributed by atoms with Crippen molar-refractivity contribution in [2.45, 2.75) is 24.2 Å². The smallest absolute Gasteiger partial charge is 0.244 e. The van der Waals surface area contributed by atoms with E-state index in [-0.39, 0.29) is 6.08 Å². The Balaban J connectivity index is 4.82. The Morgan fingerprint density at radius 2 is 1.57 bits per heavy atom. The maximum Gasteiger partial charge on any atom is 0.318 e. The van der Waals surface area contributed by atoms with E-state index in [1.807, 2.05) is 0 Å². The van der Waals surface area contributed by atoms with Gasteiger partial charge >= 0.3 is 11.8 Å². The Kier molecular flexibility index (Phi) is 3.96. The van der Waals surface area contributed by atoms with Crippen LogP contribution in [0.4, 0.5) is 30.7 Å². The fourth-order valence-corrected chi connectivity index (χ4v) is 0.646. The molecule has 14 heavy (non-hydrogen) atoms. The number of hydrogen-bond acceptors (Lipinski definition) is 0. The van der Waals surface area contributed by atoms with Gasteiger partial charge in [0, 0.05) is 0 Å². The third-order valence-electron chi connectivity index (χ3n) is 1.46. The van der Waals surface area contributed by atoms with E-state index in [9.17, 15) is 30.7 Å². The molecule has 0 spiro atoms. The van der Waals surface area contributed by atoms with Gasteiger partial charge in [-0.1, -0.05) is 12.7 Å². The molecule has 0 aromatic heterocycles. The molecule has 0 N–H and O–H groups in total. The molecule has 0 aliphatic rings. The molecule has 2 unspecified atom stereocenters. The standard InChI is InChI=1S/C7H7F7/c1-2-4(9)7(13,14)5(10)6(11,12)3-8/h2,4-5H,1,3H2. The Hall–Kier alpha value is -0.750. The summed E-state index contributed by atoms with van der Waals surface area (Å²) in [6, 6.07) is 0. The van der Waals surface area contributed by atoms with Crippen molar-refractivity contribution in [3.05, 3.63) is 12.7 Å². The summed E-state index contributed by atoms with van der Waals surface area (Å²) in [5.41, 5.74) is 0. The van der Waals surface area contributed by atoms with Gasteiger partial charge in [-0.15, -0.1) is 0 Å². The molecule has 0 heterocycles. The van der Waals surface area contributed by atoms with Gasteiger partial charge in [-0.3, -0.25) is 0 Å². The van der Waals surface area contributed by atoms with Gasteiger partial charge in [0.25, 0.3) is 0 Å². The Morgan fingerprint density at radius 3 is 1.86 bits per heavy atom. The van der Waals surface area contributed by atoms with Gasteiger partial charge in [0.05, 0.1) is 0 Å². The van der Waals surface area contributed by atoms with Crippen LogP contribution in [0.25, 0.3) is 0 Å². The summed E-state index contributed by atoms with van der Waals surface area (Å²) < 4.78 is 85.1. The average molecular weight is 224 g/mol. The SMILES string of the molecule is C=CC(F)C(F)(F)C(F)C(F)(F)CF. The van der Waals surface area contributed by atoms with Crippen molar-refractivity contribution in [1.82, 2.24) is 0 Å². The summed E-state index contributed by atoms with van der Waals surface area (Å²) in [6.45, 7) is -0.0606. The topological polar surface area (TPSA) is 0 Å². The van der Waals surface area contributed by atoms with Crippen LogP contribution in [0.2, 0.25) is 0 Å². The van der Waals surface area contributed by atoms with Crippen LogP contribution in [-0.2, 0) is 0 Å². The molecule has 7 heteroatoms. The zero-order valence-electron chi connectivity index (χ0n) is 6.79. The molecule has 0 aliphatic heterocycles. The van der Waals surface area contributed by atoms with Crippen LogP contribution in [0.3, 0.4) is 0 Å². The lowest BCUT2D eigenvalue weighted by atomic mass is 10.0.